The van der Waals surface area contributed by atoms with E-state index in [0.29, 0.717) is 30.1 Å². The van der Waals surface area contributed by atoms with Gasteiger partial charge in [0.05, 0.1) is 6.61 Å². The molecule has 0 aromatic heterocycles. The van der Waals surface area contributed by atoms with Crippen LogP contribution in [0, 0.1) is 29.6 Å². The van der Waals surface area contributed by atoms with E-state index in [1.165, 1.54) is 19.3 Å². The summed E-state index contributed by atoms with van der Waals surface area (Å²) < 4.78 is 0. The first kappa shape index (κ1) is 21.5. The van der Waals surface area contributed by atoms with E-state index in [0.717, 1.165) is 37.7 Å². The summed E-state index contributed by atoms with van der Waals surface area (Å²) >= 11 is 0. The molecule has 0 N–H and O–H groups in total. The van der Waals surface area contributed by atoms with Crippen LogP contribution in [0.4, 0.5) is 0 Å². The number of allylic oxidation sites excluding steroid dienone is 4. The molecule has 3 rings (SSSR count). The van der Waals surface area contributed by atoms with Crippen molar-refractivity contribution in [1.29, 1.82) is 0 Å². The molecule has 3 heteroatoms. The van der Waals surface area contributed by atoms with Gasteiger partial charge in [-0.3, -0.25) is 4.79 Å². The zero-order valence-corrected chi connectivity index (χ0v) is 17.9. The summed E-state index contributed by atoms with van der Waals surface area (Å²) in [5.41, 5.74) is 1.01. The van der Waals surface area contributed by atoms with E-state index >= 15 is 0 Å². The second-order valence-corrected chi connectivity index (χ2v) is 8.94. The summed E-state index contributed by atoms with van der Waals surface area (Å²) in [5, 5.41) is 0. The van der Waals surface area contributed by atoms with Crippen LogP contribution in [0.5, 0.6) is 0 Å². The number of carbonyl (C=O) groups excluding carboxylic acids is 1. The topological polar surface area (TPSA) is 35.5 Å². The van der Waals surface area contributed by atoms with E-state index in [9.17, 15) is 4.79 Å². The highest BCUT2D eigenvalue weighted by atomic mass is 17.2. The van der Waals surface area contributed by atoms with Crippen LogP contribution in [0.1, 0.15) is 72.1 Å². The molecule has 1 saturated heterocycles. The van der Waals surface area contributed by atoms with Gasteiger partial charge in [-0.25, -0.2) is 9.78 Å². The molecule has 0 aromatic carbocycles. The van der Waals surface area contributed by atoms with Gasteiger partial charge in [-0.1, -0.05) is 70.4 Å². The van der Waals surface area contributed by atoms with Gasteiger partial charge in [-0.2, -0.15) is 0 Å². The number of rotatable bonds is 4. The molecule has 1 heterocycles. The van der Waals surface area contributed by atoms with Crippen molar-refractivity contribution in [3.8, 4) is 0 Å². The lowest BCUT2D eigenvalue weighted by Gasteiger charge is -2.30. The van der Waals surface area contributed by atoms with Crippen LogP contribution in [0.3, 0.4) is 0 Å². The zero-order chi connectivity index (χ0) is 19.9. The quantitative estimate of drug-likeness (QED) is 0.425. The number of Topliss-reactive ketones (excluding diaryl/α,β-unsaturated/α-hetero) is 1. The highest BCUT2D eigenvalue weighted by Gasteiger charge is 2.41. The second kappa shape index (κ2) is 10.5. The Morgan fingerprint density at radius 1 is 1.18 bits per heavy atom. The van der Waals surface area contributed by atoms with Crippen LogP contribution < -0.4 is 0 Å². The van der Waals surface area contributed by atoms with E-state index in [4.69, 9.17) is 9.78 Å². The maximum absolute atomic E-state index is 13.2. The molecule has 3 aliphatic rings. The van der Waals surface area contributed by atoms with Crippen molar-refractivity contribution in [3.63, 3.8) is 0 Å². The van der Waals surface area contributed by atoms with Gasteiger partial charge in [-0.05, 0) is 55.4 Å². The monoisotopic (exact) mass is 386 g/mol. The standard InChI is InChI=1S/C25H38O3/c1-4-6-11-21-12-8-7-10-18(3)25(26)23-16-20-15-19(9-5-2)13-14-22(20)24(23)17-27-28-21/h6,11,13-14,16,18-22,24H,4-5,7-10,12,15,17H2,1-3H3/b11-6+. The van der Waals surface area contributed by atoms with Crippen molar-refractivity contribution >= 4 is 5.78 Å². The third-order valence-corrected chi connectivity index (χ3v) is 6.73. The summed E-state index contributed by atoms with van der Waals surface area (Å²) in [6.45, 7) is 6.97. The molecule has 1 fully saturated rings. The SMILES string of the molecule is CC/C=C/C1CCCCC(C)C(=O)C2=CC3CC(CCC)C=CC3C2COO1. The summed E-state index contributed by atoms with van der Waals surface area (Å²) in [4.78, 5) is 24.7. The van der Waals surface area contributed by atoms with Crippen LogP contribution in [-0.4, -0.2) is 18.5 Å². The van der Waals surface area contributed by atoms with Gasteiger partial charge in [0, 0.05) is 11.8 Å². The number of carbonyl (C=O) groups is 1. The van der Waals surface area contributed by atoms with Gasteiger partial charge < -0.3 is 0 Å². The Bertz CT molecular complexity index is 603. The first-order chi connectivity index (χ1) is 13.6. The Labute approximate surface area is 171 Å². The molecule has 0 amide bonds. The van der Waals surface area contributed by atoms with Crippen molar-refractivity contribution < 1.29 is 14.6 Å². The predicted molar refractivity (Wildman–Crippen MR) is 114 cm³/mol. The van der Waals surface area contributed by atoms with Gasteiger partial charge in [0.1, 0.15) is 6.10 Å². The molecule has 0 spiro atoms. The van der Waals surface area contributed by atoms with E-state index in [-0.39, 0.29) is 17.9 Å². The van der Waals surface area contributed by atoms with Gasteiger partial charge in [0.2, 0.25) is 0 Å². The first-order valence-corrected chi connectivity index (χ1v) is 11.5. The molecule has 6 atom stereocenters. The Kier molecular flexibility index (Phi) is 8.11. The normalized spacial score (nSPS) is 37.1. The molecule has 3 nitrogen and oxygen atoms in total. The third kappa shape index (κ3) is 5.24. The lowest BCUT2D eigenvalue weighted by atomic mass is 9.75. The third-order valence-electron chi connectivity index (χ3n) is 6.73. The van der Waals surface area contributed by atoms with Crippen molar-refractivity contribution in [2.24, 2.45) is 29.6 Å². The fourth-order valence-electron chi connectivity index (χ4n) is 5.11. The van der Waals surface area contributed by atoms with Gasteiger partial charge in [-0.15, -0.1) is 0 Å². The number of ketones is 1. The van der Waals surface area contributed by atoms with Crippen molar-refractivity contribution in [1.82, 2.24) is 0 Å². The fourth-order valence-corrected chi connectivity index (χ4v) is 5.11. The van der Waals surface area contributed by atoms with Gasteiger partial charge in [0.25, 0.3) is 0 Å². The van der Waals surface area contributed by atoms with Crippen LogP contribution in [0.25, 0.3) is 0 Å². The minimum atomic E-state index is 0.0193. The lowest BCUT2D eigenvalue weighted by molar-refractivity contribution is -0.320. The summed E-state index contributed by atoms with van der Waals surface area (Å²) in [7, 11) is 0. The minimum Gasteiger partial charge on any atom is -0.294 e. The Balaban J connectivity index is 1.76. The number of fused-ring (bicyclic) bond motifs is 3. The molecular weight excluding hydrogens is 348 g/mol. The predicted octanol–water partition coefficient (Wildman–Crippen LogP) is 6.21. The largest absolute Gasteiger partial charge is 0.294 e. The van der Waals surface area contributed by atoms with E-state index in [1.807, 2.05) is 0 Å². The fraction of sp³-hybridized carbons (Fsp3) is 0.720. The van der Waals surface area contributed by atoms with Gasteiger partial charge in [0.15, 0.2) is 5.78 Å². The lowest BCUT2D eigenvalue weighted by Crippen LogP contribution is -2.28. The molecule has 1 aliphatic heterocycles. The number of hydrogen-bond donors (Lipinski definition) is 0. The summed E-state index contributed by atoms with van der Waals surface area (Å²) in [6.07, 6.45) is 20.0. The zero-order valence-electron chi connectivity index (χ0n) is 17.9. The summed E-state index contributed by atoms with van der Waals surface area (Å²) in [5.74, 6) is 2.09. The highest BCUT2D eigenvalue weighted by Crippen LogP contribution is 2.45. The second-order valence-electron chi connectivity index (χ2n) is 8.94. The molecular formula is C25H38O3. The molecule has 0 bridgehead atoms. The Morgan fingerprint density at radius 2 is 2.00 bits per heavy atom. The van der Waals surface area contributed by atoms with Crippen LogP contribution in [0.2, 0.25) is 0 Å². The molecule has 0 aromatic rings. The maximum Gasteiger partial charge on any atom is 0.161 e. The molecule has 6 unspecified atom stereocenters. The van der Waals surface area contributed by atoms with Crippen LogP contribution >= 0.6 is 0 Å². The maximum atomic E-state index is 13.2. The van der Waals surface area contributed by atoms with Crippen molar-refractivity contribution in [3.05, 3.63) is 36.0 Å². The van der Waals surface area contributed by atoms with Crippen LogP contribution in [-0.2, 0) is 14.6 Å². The minimum absolute atomic E-state index is 0.0193. The molecule has 2 aliphatic carbocycles. The van der Waals surface area contributed by atoms with E-state index in [2.05, 4.69) is 51.2 Å². The Hall–Kier alpha value is -1.19. The van der Waals surface area contributed by atoms with Crippen molar-refractivity contribution in [2.75, 3.05) is 6.61 Å². The van der Waals surface area contributed by atoms with E-state index < -0.39 is 0 Å². The number of hydrogen-bond acceptors (Lipinski definition) is 3. The molecule has 0 saturated carbocycles. The average molecular weight is 387 g/mol. The molecule has 0 radical (unpaired) electrons. The molecule has 156 valence electrons. The smallest absolute Gasteiger partial charge is 0.161 e. The first-order valence-electron chi connectivity index (χ1n) is 11.5. The van der Waals surface area contributed by atoms with E-state index in [1.54, 1.807) is 0 Å². The van der Waals surface area contributed by atoms with Gasteiger partial charge >= 0.3 is 0 Å². The summed E-state index contributed by atoms with van der Waals surface area (Å²) in [6, 6.07) is 0. The average Bonchev–Trinajstić information content (AvgIpc) is 3.05. The molecule has 28 heavy (non-hydrogen) atoms. The Morgan fingerprint density at radius 3 is 2.79 bits per heavy atom. The highest BCUT2D eigenvalue weighted by molar-refractivity contribution is 5.98. The van der Waals surface area contributed by atoms with Crippen molar-refractivity contribution in [2.45, 2.75) is 78.2 Å². The van der Waals surface area contributed by atoms with Crippen LogP contribution in [0.15, 0.2) is 36.0 Å².